The molecule has 3 N–H and O–H groups in total. The van der Waals surface area contributed by atoms with E-state index in [-0.39, 0.29) is 17.2 Å². The highest BCUT2D eigenvalue weighted by Gasteiger charge is 2.24. The highest BCUT2D eigenvalue weighted by atomic mass is 35.5. The maximum Gasteiger partial charge on any atom is 0.355 e. The maximum atomic E-state index is 12.2. The van der Waals surface area contributed by atoms with Gasteiger partial charge < -0.3 is 5.32 Å². The Morgan fingerprint density at radius 1 is 1.10 bits per heavy atom. The van der Waals surface area contributed by atoms with Crippen molar-refractivity contribution in [2.24, 2.45) is 0 Å². The van der Waals surface area contributed by atoms with Gasteiger partial charge in [0.05, 0.1) is 4.92 Å². The van der Waals surface area contributed by atoms with Gasteiger partial charge in [-0.15, -0.1) is 0 Å². The molecule has 0 aliphatic heterocycles. The van der Waals surface area contributed by atoms with Gasteiger partial charge in [-0.1, -0.05) is 35.3 Å². The number of nitro groups is 1. The number of nitrogens with one attached hydrogen (secondary N) is 3. The number of aryl methyl sites for hydroxylation is 1. The third-order valence-corrected chi connectivity index (χ3v) is 4.46. The molecule has 3 rings (SSSR count). The Morgan fingerprint density at radius 3 is 2.55 bits per heavy atom. The molecule has 0 unspecified atom stereocenters. The summed E-state index contributed by atoms with van der Waals surface area (Å²) >= 11 is 12.0. The smallest absolute Gasteiger partial charge is 0.334 e. The summed E-state index contributed by atoms with van der Waals surface area (Å²) in [5, 5.41) is 15.3. The zero-order valence-corrected chi connectivity index (χ0v) is 16.5. The van der Waals surface area contributed by atoms with Gasteiger partial charge in [-0.25, -0.2) is 9.97 Å². The summed E-state index contributed by atoms with van der Waals surface area (Å²) in [7, 11) is 0. The maximum absolute atomic E-state index is 12.2. The van der Waals surface area contributed by atoms with Crippen LogP contribution in [0, 0.1) is 17.0 Å². The van der Waals surface area contributed by atoms with Gasteiger partial charge in [-0.2, -0.15) is 0 Å². The van der Waals surface area contributed by atoms with Gasteiger partial charge in [-0.05, 0) is 42.8 Å². The van der Waals surface area contributed by atoms with Gasteiger partial charge in [-0.3, -0.25) is 25.8 Å². The Morgan fingerprint density at radius 2 is 1.86 bits per heavy atom. The summed E-state index contributed by atoms with van der Waals surface area (Å²) in [5.41, 5.74) is 6.01. The van der Waals surface area contributed by atoms with Crippen LogP contribution in [0.1, 0.15) is 15.9 Å². The average Bonchev–Trinajstić information content (AvgIpc) is 2.68. The van der Waals surface area contributed by atoms with Crippen LogP contribution in [0.4, 0.5) is 23.0 Å². The van der Waals surface area contributed by atoms with Crippen LogP contribution in [0.5, 0.6) is 0 Å². The molecule has 0 atom stereocenters. The summed E-state index contributed by atoms with van der Waals surface area (Å²) in [6.45, 7) is 1.84. The van der Waals surface area contributed by atoms with Crippen molar-refractivity contribution >= 4 is 52.1 Å². The normalized spacial score (nSPS) is 10.3. The number of benzene rings is 2. The number of amides is 1. The van der Waals surface area contributed by atoms with Crippen LogP contribution in [0.25, 0.3) is 0 Å². The molecule has 0 radical (unpaired) electrons. The molecular formula is C18H14Cl2N6O3. The molecule has 2 aromatic carbocycles. The van der Waals surface area contributed by atoms with Crippen LogP contribution in [-0.4, -0.2) is 20.8 Å². The van der Waals surface area contributed by atoms with E-state index in [2.05, 4.69) is 26.1 Å². The third kappa shape index (κ3) is 4.89. The quantitative estimate of drug-likeness (QED) is 0.386. The lowest BCUT2D eigenvalue weighted by molar-refractivity contribution is -0.383. The molecule has 1 heterocycles. The van der Waals surface area contributed by atoms with Crippen molar-refractivity contribution in [3.63, 3.8) is 0 Å². The minimum atomic E-state index is -0.661. The van der Waals surface area contributed by atoms with Gasteiger partial charge >= 0.3 is 5.69 Å². The first kappa shape index (κ1) is 20.3. The molecule has 9 nitrogen and oxygen atoms in total. The highest BCUT2D eigenvalue weighted by molar-refractivity contribution is 6.31. The van der Waals surface area contributed by atoms with Gasteiger partial charge in [0.2, 0.25) is 11.6 Å². The fourth-order valence-electron chi connectivity index (χ4n) is 2.36. The molecule has 0 saturated heterocycles. The molecule has 1 aromatic heterocycles. The first-order valence-electron chi connectivity index (χ1n) is 8.19. The Balaban J connectivity index is 1.83. The minimum Gasteiger partial charge on any atom is -0.334 e. The SMILES string of the molecule is Cc1ccc(Nc2ncnc(NNC(=O)c3cccc(Cl)c3)c2[N+](=O)[O-])cc1Cl. The second-order valence-corrected chi connectivity index (χ2v) is 6.70. The summed E-state index contributed by atoms with van der Waals surface area (Å²) in [6.07, 6.45) is 1.12. The molecule has 0 spiro atoms. The standard InChI is InChI=1S/C18H14Cl2N6O3/c1-10-5-6-13(8-14(10)20)23-16-15(26(28)29)17(22-9-21-16)24-25-18(27)11-3-2-4-12(19)7-11/h2-9H,1H3,(H,25,27)(H2,21,22,23,24). The van der Waals surface area contributed by atoms with Gasteiger partial charge in [0.15, 0.2) is 0 Å². The molecule has 148 valence electrons. The lowest BCUT2D eigenvalue weighted by atomic mass is 10.2. The molecule has 29 heavy (non-hydrogen) atoms. The molecule has 0 aliphatic carbocycles. The lowest BCUT2D eigenvalue weighted by Gasteiger charge is -2.11. The van der Waals surface area contributed by atoms with Crippen molar-refractivity contribution in [1.29, 1.82) is 0 Å². The first-order valence-corrected chi connectivity index (χ1v) is 8.95. The number of anilines is 3. The van der Waals surface area contributed by atoms with Crippen molar-refractivity contribution in [1.82, 2.24) is 15.4 Å². The Hall–Kier alpha value is -3.43. The van der Waals surface area contributed by atoms with Crippen LogP contribution in [0.3, 0.4) is 0 Å². The largest absolute Gasteiger partial charge is 0.355 e. The second kappa shape index (κ2) is 8.72. The zero-order valence-electron chi connectivity index (χ0n) is 14.9. The van der Waals surface area contributed by atoms with Crippen molar-refractivity contribution in [2.45, 2.75) is 6.92 Å². The van der Waals surface area contributed by atoms with Crippen molar-refractivity contribution in [3.8, 4) is 0 Å². The third-order valence-electron chi connectivity index (χ3n) is 3.82. The van der Waals surface area contributed by atoms with Gasteiger partial charge in [0, 0.05) is 21.3 Å². The minimum absolute atomic E-state index is 0.0653. The molecule has 0 aliphatic rings. The Labute approximate surface area is 175 Å². The lowest BCUT2D eigenvalue weighted by Crippen LogP contribution is -2.30. The monoisotopic (exact) mass is 432 g/mol. The van der Waals surface area contributed by atoms with Crippen LogP contribution in [-0.2, 0) is 0 Å². The number of aromatic nitrogens is 2. The number of nitrogens with zero attached hydrogens (tertiary/aromatic N) is 3. The number of carbonyl (C=O) groups excluding carboxylic acids is 1. The second-order valence-electron chi connectivity index (χ2n) is 5.86. The van der Waals surface area contributed by atoms with Gasteiger partial charge in [0.1, 0.15) is 6.33 Å². The summed E-state index contributed by atoms with van der Waals surface area (Å²) in [6, 6.07) is 11.3. The Bertz CT molecular complexity index is 1090. The summed E-state index contributed by atoms with van der Waals surface area (Å²) in [5.74, 6) is -0.800. The van der Waals surface area contributed by atoms with Crippen LogP contribution in [0.15, 0.2) is 48.8 Å². The van der Waals surface area contributed by atoms with E-state index >= 15 is 0 Å². The average molecular weight is 433 g/mol. The predicted octanol–water partition coefficient (Wildman–Crippen LogP) is 4.50. The van der Waals surface area contributed by atoms with Crippen molar-refractivity contribution < 1.29 is 9.72 Å². The number of rotatable bonds is 6. The molecule has 1 amide bonds. The van der Waals surface area contributed by atoms with E-state index in [0.717, 1.165) is 11.9 Å². The number of hydrogen-bond acceptors (Lipinski definition) is 7. The topological polar surface area (TPSA) is 122 Å². The number of halogens is 2. The molecular weight excluding hydrogens is 419 g/mol. The highest BCUT2D eigenvalue weighted by Crippen LogP contribution is 2.31. The van der Waals surface area contributed by atoms with Crippen LogP contribution >= 0.6 is 23.2 Å². The molecule has 3 aromatic rings. The van der Waals surface area contributed by atoms with E-state index in [0.29, 0.717) is 15.7 Å². The van der Waals surface area contributed by atoms with E-state index in [1.807, 2.05) is 6.92 Å². The van der Waals surface area contributed by atoms with E-state index in [1.54, 1.807) is 36.4 Å². The Kier molecular flexibility index (Phi) is 6.10. The number of hydrazine groups is 1. The van der Waals surface area contributed by atoms with Crippen molar-refractivity contribution in [3.05, 3.63) is 80.1 Å². The van der Waals surface area contributed by atoms with E-state index < -0.39 is 16.5 Å². The van der Waals surface area contributed by atoms with E-state index in [4.69, 9.17) is 23.2 Å². The van der Waals surface area contributed by atoms with E-state index in [1.165, 1.54) is 6.07 Å². The van der Waals surface area contributed by atoms with E-state index in [9.17, 15) is 14.9 Å². The molecule has 0 fully saturated rings. The molecule has 11 heteroatoms. The van der Waals surface area contributed by atoms with Gasteiger partial charge in [0.25, 0.3) is 5.91 Å². The predicted molar refractivity (Wildman–Crippen MR) is 111 cm³/mol. The zero-order chi connectivity index (χ0) is 21.0. The number of hydrogen-bond donors (Lipinski definition) is 3. The van der Waals surface area contributed by atoms with Crippen LogP contribution in [0.2, 0.25) is 10.0 Å². The fraction of sp³-hybridized carbons (Fsp3) is 0.0556. The summed E-state index contributed by atoms with van der Waals surface area (Å²) in [4.78, 5) is 30.9. The molecule has 0 bridgehead atoms. The fourth-order valence-corrected chi connectivity index (χ4v) is 2.73. The van der Waals surface area contributed by atoms with Crippen molar-refractivity contribution in [2.75, 3.05) is 10.7 Å². The summed E-state index contributed by atoms with van der Waals surface area (Å²) < 4.78 is 0. The molecule has 0 saturated carbocycles. The first-order chi connectivity index (χ1) is 13.8. The van der Waals surface area contributed by atoms with Crippen LogP contribution < -0.4 is 16.2 Å². The number of carbonyl (C=O) groups is 1.